The van der Waals surface area contributed by atoms with Gasteiger partial charge in [0, 0.05) is 10.5 Å². The highest BCUT2D eigenvalue weighted by Gasteiger charge is 2.07. The van der Waals surface area contributed by atoms with Crippen LogP contribution in [-0.2, 0) is 0 Å². The Bertz CT molecular complexity index is 1170. The van der Waals surface area contributed by atoms with Crippen LogP contribution in [0.3, 0.4) is 0 Å². The van der Waals surface area contributed by atoms with E-state index < -0.39 is 0 Å². The second kappa shape index (κ2) is 11.0. The van der Waals surface area contributed by atoms with Crippen molar-refractivity contribution >= 4 is 22.5 Å². The van der Waals surface area contributed by atoms with Gasteiger partial charge in [-0.2, -0.15) is 0 Å². The smallest absolute Gasteiger partial charge is 0.127 e. The number of nitrogens with zero attached hydrogens (tertiary/aromatic N) is 1. The zero-order valence-corrected chi connectivity index (χ0v) is 18.5. The van der Waals surface area contributed by atoms with E-state index in [1.54, 1.807) is 18.0 Å². The van der Waals surface area contributed by atoms with E-state index in [1.807, 2.05) is 110 Å². The third-order valence-electron chi connectivity index (χ3n) is 4.46. The molecule has 158 valence electrons. The maximum Gasteiger partial charge on any atom is 0.127 e. The van der Waals surface area contributed by atoms with E-state index in [4.69, 9.17) is 14.5 Å². The monoisotopic (exact) mass is 437 g/mol. The molecular formula is C28H23NO2S. The van der Waals surface area contributed by atoms with Gasteiger partial charge in [-0.05, 0) is 67.6 Å². The Morgan fingerprint density at radius 3 is 1.84 bits per heavy atom. The molecule has 3 nitrogen and oxygen atoms in total. The number of hydrogen-bond donors (Lipinski definition) is 0. The largest absolute Gasteiger partial charge is 0.465 e. The van der Waals surface area contributed by atoms with Crippen LogP contribution in [0.2, 0.25) is 0 Å². The second-order valence-corrected chi connectivity index (χ2v) is 8.04. The van der Waals surface area contributed by atoms with Crippen LogP contribution >= 0.6 is 11.8 Å². The molecule has 32 heavy (non-hydrogen) atoms. The molecule has 4 heteroatoms. The van der Waals surface area contributed by atoms with E-state index >= 15 is 0 Å². The maximum absolute atomic E-state index is 5.92. The van der Waals surface area contributed by atoms with Crippen molar-refractivity contribution in [3.8, 4) is 17.2 Å². The number of ether oxygens (including phenoxy) is 2. The summed E-state index contributed by atoms with van der Waals surface area (Å²) in [6, 6.07) is 37.4. The predicted octanol–water partition coefficient (Wildman–Crippen LogP) is 8.28. The van der Waals surface area contributed by atoms with Crippen LogP contribution < -0.4 is 9.47 Å². The Kier molecular flexibility index (Phi) is 7.40. The van der Waals surface area contributed by atoms with Crippen LogP contribution in [0.25, 0.3) is 0 Å². The Labute approximate surface area is 193 Å². The van der Waals surface area contributed by atoms with Gasteiger partial charge < -0.3 is 9.47 Å². The summed E-state index contributed by atoms with van der Waals surface area (Å²) in [5.41, 5.74) is 1.84. The minimum atomic E-state index is 0.730. The van der Waals surface area contributed by atoms with Crippen molar-refractivity contribution in [2.75, 3.05) is 0 Å². The van der Waals surface area contributed by atoms with Gasteiger partial charge in [0.1, 0.15) is 22.3 Å². The third kappa shape index (κ3) is 6.37. The first-order chi connectivity index (χ1) is 15.8. The van der Waals surface area contributed by atoms with Crippen LogP contribution in [0.4, 0.5) is 5.69 Å². The molecule has 0 saturated carbocycles. The first-order valence-corrected chi connectivity index (χ1v) is 11.1. The SMILES string of the molecule is CC(=COc1ccc(Oc2ccccc2)cc1)C(=Nc1ccccc1)Sc1ccccc1. The average molecular weight is 438 g/mol. The van der Waals surface area contributed by atoms with Crippen LogP contribution in [0.15, 0.2) is 137 Å². The van der Waals surface area contributed by atoms with Crippen molar-refractivity contribution in [1.82, 2.24) is 0 Å². The molecule has 0 aliphatic heterocycles. The molecule has 0 N–H and O–H groups in total. The molecule has 0 aliphatic rings. The molecular weight excluding hydrogens is 414 g/mol. The van der Waals surface area contributed by atoms with E-state index in [0.717, 1.165) is 38.4 Å². The second-order valence-electron chi connectivity index (χ2n) is 6.97. The van der Waals surface area contributed by atoms with Gasteiger partial charge in [-0.1, -0.05) is 66.4 Å². The molecule has 0 atom stereocenters. The number of hydrogen-bond acceptors (Lipinski definition) is 4. The Hall–Kier alpha value is -3.76. The zero-order chi connectivity index (χ0) is 22.0. The van der Waals surface area contributed by atoms with Crippen LogP contribution in [0.1, 0.15) is 6.92 Å². The lowest BCUT2D eigenvalue weighted by molar-refractivity contribution is 0.467. The first kappa shape index (κ1) is 21.5. The lowest BCUT2D eigenvalue weighted by Gasteiger charge is -2.09. The van der Waals surface area contributed by atoms with E-state index in [9.17, 15) is 0 Å². The zero-order valence-electron chi connectivity index (χ0n) is 17.7. The van der Waals surface area contributed by atoms with Gasteiger partial charge in [0.05, 0.1) is 11.9 Å². The summed E-state index contributed by atoms with van der Waals surface area (Å²) >= 11 is 1.61. The van der Waals surface area contributed by atoms with Gasteiger partial charge >= 0.3 is 0 Å². The van der Waals surface area contributed by atoms with Gasteiger partial charge in [0.15, 0.2) is 0 Å². The number of thioether (sulfide) groups is 1. The van der Waals surface area contributed by atoms with Crippen molar-refractivity contribution in [1.29, 1.82) is 0 Å². The summed E-state index contributed by atoms with van der Waals surface area (Å²) in [7, 11) is 0. The van der Waals surface area contributed by atoms with E-state index in [2.05, 4.69) is 12.1 Å². The third-order valence-corrected chi connectivity index (χ3v) is 5.57. The van der Waals surface area contributed by atoms with E-state index in [-0.39, 0.29) is 0 Å². The number of rotatable bonds is 7. The fourth-order valence-electron chi connectivity index (χ4n) is 2.83. The number of benzene rings is 4. The van der Waals surface area contributed by atoms with Crippen LogP contribution in [-0.4, -0.2) is 5.04 Å². The standard InChI is InChI=1S/C28H23NO2S/c1-22(21-30-24-17-19-26(20-18-24)31-25-13-7-3-8-14-25)28(29-23-11-5-2-6-12-23)32-27-15-9-4-10-16-27/h2-21H,1H3. The van der Waals surface area contributed by atoms with E-state index in [1.165, 1.54) is 0 Å². The Morgan fingerprint density at radius 1 is 0.656 bits per heavy atom. The molecule has 0 radical (unpaired) electrons. The number of para-hydroxylation sites is 2. The molecule has 0 amide bonds. The van der Waals surface area contributed by atoms with Crippen molar-refractivity contribution in [2.45, 2.75) is 11.8 Å². The van der Waals surface area contributed by atoms with Crippen molar-refractivity contribution in [3.63, 3.8) is 0 Å². The minimum Gasteiger partial charge on any atom is -0.465 e. The highest BCUT2D eigenvalue weighted by Crippen LogP contribution is 2.27. The number of aliphatic imine (C=N–C) groups is 1. The summed E-state index contributed by atoms with van der Waals surface area (Å²) < 4.78 is 11.8. The highest BCUT2D eigenvalue weighted by atomic mass is 32.2. The fourth-order valence-corrected chi connectivity index (χ4v) is 3.71. The van der Waals surface area contributed by atoms with Gasteiger partial charge in [0.2, 0.25) is 0 Å². The average Bonchev–Trinajstić information content (AvgIpc) is 2.85. The van der Waals surface area contributed by atoms with Gasteiger partial charge in [-0.3, -0.25) is 0 Å². The molecule has 0 fully saturated rings. The lowest BCUT2D eigenvalue weighted by Crippen LogP contribution is -1.97. The lowest BCUT2D eigenvalue weighted by atomic mass is 10.3. The van der Waals surface area contributed by atoms with Crippen molar-refractivity contribution in [3.05, 3.63) is 127 Å². The molecule has 0 heterocycles. The highest BCUT2D eigenvalue weighted by molar-refractivity contribution is 8.14. The molecule has 0 bridgehead atoms. The summed E-state index contributed by atoms with van der Waals surface area (Å²) in [4.78, 5) is 5.96. The molecule has 0 unspecified atom stereocenters. The fraction of sp³-hybridized carbons (Fsp3) is 0.0357. The van der Waals surface area contributed by atoms with Crippen molar-refractivity contribution < 1.29 is 9.47 Å². The maximum atomic E-state index is 5.92. The minimum absolute atomic E-state index is 0.730. The molecule has 0 aromatic heterocycles. The normalized spacial score (nSPS) is 11.8. The van der Waals surface area contributed by atoms with Crippen LogP contribution in [0.5, 0.6) is 17.2 Å². The summed E-state index contributed by atoms with van der Waals surface area (Å²) in [6.07, 6.45) is 1.74. The molecule has 0 spiro atoms. The molecule has 4 rings (SSSR count). The Morgan fingerprint density at radius 2 is 1.19 bits per heavy atom. The van der Waals surface area contributed by atoms with Crippen molar-refractivity contribution in [2.24, 2.45) is 4.99 Å². The van der Waals surface area contributed by atoms with Gasteiger partial charge in [0.25, 0.3) is 0 Å². The summed E-state index contributed by atoms with van der Waals surface area (Å²) in [5, 5.41) is 0.881. The topological polar surface area (TPSA) is 30.8 Å². The first-order valence-electron chi connectivity index (χ1n) is 10.3. The Balaban J connectivity index is 1.48. The molecule has 4 aromatic carbocycles. The quantitative estimate of drug-likeness (QED) is 0.126. The summed E-state index contributed by atoms with van der Waals surface area (Å²) in [6.45, 7) is 2.00. The van der Waals surface area contributed by atoms with E-state index in [0.29, 0.717) is 0 Å². The summed E-state index contributed by atoms with van der Waals surface area (Å²) in [5.74, 6) is 2.29. The van der Waals surface area contributed by atoms with Crippen LogP contribution in [0, 0.1) is 0 Å². The molecule has 0 aliphatic carbocycles. The molecule has 0 saturated heterocycles. The molecule has 4 aromatic rings. The van der Waals surface area contributed by atoms with Gasteiger partial charge in [-0.25, -0.2) is 4.99 Å². The van der Waals surface area contributed by atoms with Gasteiger partial charge in [-0.15, -0.1) is 0 Å². The predicted molar refractivity (Wildman–Crippen MR) is 133 cm³/mol.